The third-order valence-corrected chi connectivity index (χ3v) is 9.73. The second-order valence-electron chi connectivity index (χ2n) is 9.24. The zero-order valence-corrected chi connectivity index (χ0v) is 25.2. The van der Waals surface area contributed by atoms with Gasteiger partial charge in [0.15, 0.2) is 0 Å². The first-order valence-electron chi connectivity index (χ1n) is 12.5. The number of aryl methyl sites for hydroxylation is 2. The molecule has 4 aromatic rings. The quantitative estimate of drug-likeness (QED) is 0.223. The molecule has 0 bridgehead atoms. The molecule has 1 aliphatic rings. The van der Waals surface area contributed by atoms with E-state index in [9.17, 15) is 8.42 Å². The topological polar surface area (TPSA) is 80.8 Å². The Morgan fingerprint density at radius 3 is 2.68 bits per heavy atom. The number of halogens is 1. The molecule has 3 heterocycles. The standard InChI is InChI=1S/C28H30IN3O4S2/c1-19-16-24(31-38(33,34)23-9-4-7-21(29)18-23)27-26(20-6-3-8-22(17-20)35-2)25(37-28(27)30-19)10-5-11-32-12-14-36-15-13-32/h3-4,6-9,16-18H,5,10-15H2,1-2H3,(H,30,31). The number of hydrogen-bond acceptors (Lipinski definition) is 7. The van der Waals surface area contributed by atoms with Crippen LogP contribution in [-0.2, 0) is 21.2 Å². The van der Waals surface area contributed by atoms with Crippen LogP contribution >= 0.6 is 33.9 Å². The van der Waals surface area contributed by atoms with Crippen molar-refractivity contribution in [3.63, 3.8) is 0 Å². The number of hydrogen-bond donors (Lipinski definition) is 1. The molecule has 10 heteroatoms. The third kappa shape index (κ3) is 6.15. The van der Waals surface area contributed by atoms with E-state index in [1.807, 2.05) is 43.3 Å². The molecule has 200 valence electrons. The van der Waals surface area contributed by atoms with Gasteiger partial charge in [-0.25, -0.2) is 13.4 Å². The molecule has 0 saturated carbocycles. The van der Waals surface area contributed by atoms with E-state index in [0.29, 0.717) is 5.69 Å². The number of sulfonamides is 1. The van der Waals surface area contributed by atoms with Crippen LogP contribution in [0, 0.1) is 10.5 Å². The van der Waals surface area contributed by atoms with Crippen molar-refractivity contribution < 1.29 is 17.9 Å². The fraction of sp³-hybridized carbons (Fsp3) is 0.321. The summed E-state index contributed by atoms with van der Waals surface area (Å²) >= 11 is 3.77. The van der Waals surface area contributed by atoms with Gasteiger partial charge < -0.3 is 9.47 Å². The Morgan fingerprint density at radius 2 is 1.92 bits per heavy atom. The lowest BCUT2D eigenvalue weighted by molar-refractivity contribution is 0.0375. The summed E-state index contributed by atoms with van der Waals surface area (Å²) in [5.74, 6) is 0.752. The van der Waals surface area contributed by atoms with Crippen molar-refractivity contribution in [3.8, 4) is 16.9 Å². The SMILES string of the molecule is COc1cccc(-c2c(CCCN3CCOCC3)sc3nc(C)cc(NS(=O)(=O)c4cccc(I)c4)c23)c1. The Hall–Kier alpha value is -2.25. The van der Waals surface area contributed by atoms with Gasteiger partial charge in [0.25, 0.3) is 10.0 Å². The summed E-state index contributed by atoms with van der Waals surface area (Å²) in [7, 11) is -2.15. The van der Waals surface area contributed by atoms with E-state index >= 15 is 0 Å². The minimum Gasteiger partial charge on any atom is -0.497 e. The van der Waals surface area contributed by atoms with Crippen molar-refractivity contribution in [2.45, 2.75) is 24.7 Å². The summed E-state index contributed by atoms with van der Waals surface area (Å²) in [6, 6.07) is 16.7. The normalized spacial score (nSPS) is 14.6. The van der Waals surface area contributed by atoms with Gasteiger partial charge in [0, 0.05) is 38.2 Å². The van der Waals surface area contributed by atoms with Gasteiger partial charge >= 0.3 is 0 Å². The van der Waals surface area contributed by atoms with Crippen molar-refractivity contribution in [3.05, 3.63) is 68.7 Å². The Bertz CT molecular complexity index is 1550. The fourth-order valence-corrected chi connectivity index (χ4v) is 7.90. The van der Waals surface area contributed by atoms with Crippen LogP contribution in [0.3, 0.4) is 0 Å². The van der Waals surface area contributed by atoms with Gasteiger partial charge in [0.1, 0.15) is 10.6 Å². The van der Waals surface area contributed by atoms with Gasteiger partial charge in [-0.2, -0.15) is 0 Å². The summed E-state index contributed by atoms with van der Waals surface area (Å²) in [5, 5.41) is 0.824. The second kappa shape index (κ2) is 11.9. The molecule has 7 nitrogen and oxygen atoms in total. The van der Waals surface area contributed by atoms with Crippen LogP contribution < -0.4 is 9.46 Å². The van der Waals surface area contributed by atoms with Gasteiger partial charge in [-0.05, 0) is 90.9 Å². The first-order chi connectivity index (χ1) is 18.3. The van der Waals surface area contributed by atoms with Gasteiger partial charge in [-0.15, -0.1) is 11.3 Å². The summed E-state index contributed by atoms with van der Waals surface area (Å²) in [6.45, 7) is 6.37. The monoisotopic (exact) mass is 663 g/mol. The number of anilines is 1. The fourth-order valence-electron chi connectivity index (χ4n) is 4.73. The zero-order chi connectivity index (χ0) is 26.7. The molecule has 1 fully saturated rings. The molecule has 1 aliphatic heterocycles. The highest BCUT2D eigenvalue weighted by Crippen LogP contribution is 2.44. The minimum absolute atomic E-state index is 0.232. The number of methoxy groups -OCH3 is 1. The van der Waals surface area contributed by atoms with Gasteiger partial charge in [-0.1, -0.05) is 18.2 Å². The number of aromatic nitrogens is 1. The highest BCUT2D eigenvalue weighted by atomic mass is 127. The van der Waals surface area contributed by atoms with Crippen LogP contribution in [0.15, 0.2) is 59.5 Å². The maximum absolute atomic E-state index is 13.4. The number of rotatable bonds is 9. The number of fused-ring (bicyclic) bond motifs is 1. The molecule has 0 amide bonds. The molecule has 2 aromatic carbocycles. The van der Waals surface area contributed by atoms with Crippen LogP contribution in [0.25, 0.3) is 21.3 Å². The zero-order valence-electron chi connectivity index (χ0n) is 21.4. The third-order valence-electron chi connectivity index (χ3n) is 6.55. The Kier molecular flexibility index (Phi) is 8.53. The molecular formula is C28H30IN3O4S2. The van der Waals surface area contributed by atoms with Gasteiger partial charge in [0.2, 0.25) is 0 Å². The number of benzene rings is 2. The van der Waals surface area contributed by atoms with Crippen molar-refractivity contribution >= 4 is 59.9 Å². The average Bonchev–Trinajstić information content (AvgIpc) is 3.27. The van der Waals surface area contributed by atoms with Crippen molar-refractivity contribution in [2.24, 2.45) is 0 Å². The van der Waals surface area contributed by atoms with E-state index < -0.39 is 10.0 Å². The summed E-state index contributed by atoms with van der Waals surface area (Å²) in [6.07, 6.45) is 1.86. The molecule has 2 aromatic heterocycles. The van der Waals surface area contributed by atoms with Crippen molar-refractivity contribution in [1.29, 1.82) is 0 Å². The van der Waals surface area contributed by atoms with Crippen LogP contribution in [0.5, 0.6) is 5.75 Å². The Balaban J connectivity index is 1.59. The maximum Gasteiger partial charge on any atom is 0.261 e. The van der Waals surface area contributed by atoms with Crippen molar-refractivity contribution in [1.82, 2.24) is 9.88 Å². The molecule has 0 aliphatic carbocycles. The lowest BCUT2D eigenvalue weighted by atomic mass is 9.99. The number of nitrogens with zero attached hydrogens (tertiary/aromatic N) is 2. The predicted octanol–water partition coefficient (Wildman–Crippen LogP) is 5.95. The largest absolute Gasteiger partial charge is 0.497 e. The summed E-state index contributed by atoms with van der Waals surface area (Å²) in [4.78, 5) is 9.51. The number of nitrogens with one attached hydrogen (secondary N) is 1. The van der Waals surface area contributed by atoms with E-state index in [0.717, 1.165) is 82.0 Å². The molecule has 0 unspecified atom stereocenters. The van der Waals surface area contributed by atoms with Gasteiger partial charge in [0.05, 0.1) is 30.9 Å². The molecule has 1 saturated heterocycles. The van der Waals surface area contributed by atoms with E-state index in [2.05, 4.69) is 32.2 Å². The maximum atomic E-state index is 13.4. The number of pyridine rings is 1. The molecule has 0 atom stereocenters. The van der Waals surface area contributed by atoms with Crippen LogP contribution in [0.1, 0.15) is 17.0 Å². The summed E-state index contributed by atoms with van der Waals surface area (Å²) < 4.78 is 41.6. The van der Waals surface area contributed by atoms with Gasteiger partial charge in [-0.3, -0.25) is 9.62 Å². The molecule has 5 rings (SSSR count). The second-order valence-corrected chi connectivity index (χ2v) is 13.3. The van der Waals surface area contributed by atoms with E-state index in [4.69, 9.17) is 14.5 Å². The molecular weight excluding hydrogens is 633 g/mol. The number of morpholine rings is 1. The lowest BCUT2D eigenvalue weighted by Crippen LogP contribution is -2.36. The van der Waals surface area contributed by atoms with E-state index in [-0.39, 0.29) is 4.90 Å². The first kappa shape index (κ1) is 27.3. The number of ether oxygens (including phenoxy) is 2. The Labute approximate surface area is 241 Å². The highest BCUT2D eigenvalue weighted by Gasteiger charge is 2.23. The van der Waals surface area contributed by atoms with E-state index in [1.165, 1.54) is 4.88 Å². The van der Waals surface area contributed by atoms with Crippen LogP contribution in [0.4, 0.5) is 5.69 Å². The molecule has 0 radical (unpaired) electrons. The smallest absolute Gasteiger partial charge is 0.261 e. The predicted molar refractivity (Wildman–Crippen MR) is 162 cm³/mol. The van der Waals surface area contributed by atoms with Crippen molar-refractivity contribution in [2.75, 3.05) is 44.7 Å². The molecule has 1 N–H and O–H groups in total. The molecule has 0 spiro atoms. The lowest BCUT2D eigenvalue weighted by Gasteiger charge is -2.26. The first-order valence-corrected chi connectivity index (χ1v) is 15.9. The highest BCUT2D eigenvalue weighted by molar-refractivity contribution is 14.1. The van der Waals surface area contributed by atoms with Crippen LogP contribution in [0.2, 0.25) is 0 Å². The number of thiophene rings is 1. The Morgan fingerprint density at radius 1 is 1.13 bits per heavy atom. The minimum atomic E-state index is -3.80. The van der Waals surface area contributed by atoms with Crippen LogP contribution in [-0.4, -0.2) is 58.3 Å². The summed E-state index contributed by atoms with van der Waals surface area (Å²) in [5.41, 5.74) is 3.30. The average molecular weight is 664 g/mol. The van der Waals surface area contributed by atoms with E-state index in [1.54, 1.807) is 36.6 Å². The molecule has 38 heavy (non-hydrogen) atoms.